The Hall–Kier alpha value is -0.660. The first-order valence-corrected chi connectivity index (χ1v) is 5.59. The minimum atomic E-state index is -4.54. The van der Waals surface area contributed by atoms with Gasteiger partial charge in [0.05, 0.1) is 5.92 Å². The number of hydrogen-bond acceptors (Lipinski definition) is 3. The zero-order valence-corrected chi connectivity index (χ0v) is 10.2. The van der Waals surface area contributed by atoms with E-state index < -0.39 is 31.2 Å². The molecule has 0 aliphatic heterocycles. The highest BCUT2D eigenvalue weighted by Gasteiger charge is 2.45. The van der Waals surface area contributed by atoms with Crippen LogP contribution in [0, 0.1) is 5.92 Å². The molecule has 0 bridgehead atoms. The second-order valence-electron chi connectivity index (χ2n) is 3.56. The van der Waals surface area contributed by atoms with Crippen molar-refractivity contribution in [2.24, 2.45) is 5.92 Å². The van der Waals surface area contributed by atoms with Crippen molar-refractivity contribution in [3.05, 3.63) is 28.5 Å². The Morgan fingerprint density at radius 1 is 1.24 bits per heavy atom. The average Bonchev–Trinajstić information content (AvgIpc) is 2.26. The van der Waals surface area contributed by atoms with E-state index in [0.29, 0.717) is 4.60 Å². The molecule has 2 N–H and O–H groups in total. The maximum absolute atomic E-state index is 12.9. The van der Waals surface area contributed by atoms with Crippen LogP contribution >= 0.6 is 15.9 Å². The Labute approximate surface area is 104 Å². The van der Waals surface area contributed by atoms with Crippen molar-refractivity contribution in [3.63, 3.8) is 0 Å². The van der Waals surface area contributed by atoms with Gasteiger partial charge in [-0.25, -0.2) is 4.98 Å². The van der Waals surface area contributed by atoms with Crippen LogP contribution in [0.4, 0.5) is 13.2 Å². The van der Waals surface area contributed by atoms with Crippen LogP contribution in [0.1, 0.15) is 11.5 Å². The topological polar surface area (TPSA) is 53.4 Å². The molecule has 7 heteroatoms. The van der Waals surface area contributed by atoms with Gasteiger partial charge in [0.1, 0.15) is 4.60 Å². The van der Waals surface area contributed by atoms with Crippen LogP contribution in [-0.4, -0.2) is 34.6 Å². The summed E-state index contributed by atoms with van der Waals surface area (Å²) < 4.78 is 39.0. The summed E-state index contributed by atoms with van der Waals surface area (Å²) in [6.45, 7) is -1.48. The van der Waals surface area contributed by atoms with Gasteiger partial charge in [0.25, 0.3) is 0 Å². The Balaban J connectivity index is 3.10. The zero-order chi connectivity index (χ0) is 13.1. The molecule has 0 saturated carbocycles. The lowest BCUT2D eigenvalue weighted by Crippen LogP contribution is -2.32. The molecule has 1 aromatic heterocycles. The highest BCUT2D eigenvalue weighted by molar-refractivity contribution is 9.10. The van der Waals surface area contributed by atoms with Gasteiger partial charge < -0.3 is 10.2 Å². The third kappa shape index (κ3) is 3.65. The van der Waals surface area contributed by atoms with Crippen LogP contribution < -0.4 is 0 Å². The number of hydrogen-bond donors (Lipinski definition) is 2. The van der Waals surface area contributed by atoms with Crippen molar-refractivity contribution in [2.45, 2.75) is 12.1 Å². The maximum Gasteiger partial charge on any atom is 0.396 e. The third-order valence-corrected chi connectivity index (χ3v) is 2.87. The summed E-state index contributed by atoms with van der Waals surface area (Å²) in [7, 11) is 0. The predicted octanol–water partition coefficient (Wildman–Crippen LogP) is 2.09. The van der Waals surface area contributed by atoms with Gasteiger partial charge >= 0.3 is 6.18 Å². The van der Waals surface area contributed by atoms with E-state index in [-0.39, 0.29) is 5.56 Å². The zero-order valence-electron chi connectivity index (χ0n) is 8.65. The number of nitrogens with zero attached hydrogens (tertiary/aromatic N) is 1. The van der Waals surface area contributed by atoms with Crippen molar-refractivity contribution in [1.82, 2.24) is 4.98 Å². The Bertz CT molecular complexity index is 352. The largest absolute Gasteiger partial charge is 0.396 e. The first kappa shape index (κ1) is 14.4. The van der Waals surface area contributed by atoms with Gasteiger partial charge in [0.15, 0.2) is 0 Å². The molecule has 96 valence electrons. The summed E-state index contributed by atoms with van der Waals surface area (Å²) in [5, 5.41) is 17.8. The Morgan fingerprint density at radius 3 is 2.18 bits per heavy atom. The van der Waals surface area contributed by atoms with Gasteiger partial charge in [-0.3, -0.25) is 0 Å². The van der Waals surface area contributed by atoms with Crippen LogP contribution in [0.25, 0.3) is 0 Å². The Kier molecular flexibility index (Phi) is 4.91. The number of aliphatic hydroxyl groups is 2. The van der Waals surface area contributed by atoms with E-state index >= 15 is 0 Å². The van der Waals surface area contributed by atoms with E-state index in [9.17, 15) is 13.2 Å². The monoisotopic (exact) mass is 313 g/mol. The highest BCUT2D eigenvalue weighted by Crippen LogP contribution is 2.40. The van der Waals surface area contributed by atoms with Gasteiger partial charge in [0, 0.05) is 25.3 Å². The van der Waals surface area contributed by atoms with Gasteiger partial charge in [0.2, 0.25) is 0 Å². The van der Waals surface area contributed by atoms with E-state index in [1.807, 2.05) is 0 Å². The second-order valence-corrected chi connectivity index (χ2v) is 4.37. The maximum atomic E-state index is 12.9. The molecule has 1 aromatic rings. The van der Waals surface area contributed by atoms with Crippen LogP contribution in [0.2, 0.25) is 0 Å². The van der Waals surface area contributed by atoms with Crippen LogP contribution in [0.5, 0.6) is 0 Å². The van der Waals surface area contributed by atoms with E-state index in [1.165, 1.54) is 12.1 Å². The summed E-state index contributed by atoms with van der Waals surface area (Å²) in [6, 6.07) is 2.66. The molecule has 0 aliphatic carbocycles. The van der Waals surface area contributed by atoms with Crippen LogP contribution in [-0.2, 0) is 0 Å². The molecule has 0 aromatic carbocycles. The molecular weight excluding hydrogens is 303 g/mol. The van der Waals surface area contributed by atoms with Gasteiger partial charge in [-0.05, 0) is 27.6 Å². The number of halogens is 4. The molecule has 1 heterocycles. The van der Waals surface area contributed by atoms with Crippen molar-refractivity contribution in [2.75, 3.05) is 13.2 Å². The molecule has 0 aliphatic rings. The molecular formula is C10H11BrF3NO2. The van der Waals surface area contributed by atoms with E-state index in [2.05, 4.69) is 20.9 Å². The molecule has 3 nitrogen and oxygen atoms in total. The number of aromatic nitrogens is 1. The van der Waals surface area contributed by atoms with E-state index in [4.69, 9.17) is 10.2 Å². The predicted molar refractivity (Wildman–Crippen MR) is 58.4 cm³/mol. The van der Waals surface area contributed by atoms with Gasteiger partial charge in [-0.2, -0.15) is 13.2 Å². The molecule has 1 rings (SSSR count). The van der Waals surface area contributed by atoms with Crippen LogP contribution in [0.15, 0.2) is 22.9 Å². The standard InChI is InChI=1S/C10H11BrF3NO2/c11-8-2-1-6(3-15-8)9(10(12,13)14)7(4-16)5-17/h1-3,7,9,16-17H,4-5H2. The van der Waals surface area contributed by atoms with Crippen molar-refractivity contribution < 1.29 is 23.4 Å². The smallest absolute Gasteiger partial charge is 0.396 e. The third-order valence-electron chi connectivity index (χ3n) is 2.40. The van der Waals surface area contributed by atoms with E-state index in [1.54, 1.807) is 0 Å². The summed E-state index contributed by atoms with van der Waals surface area (Å²) in [5.74, 6) is -3.20. The minimum Gasteiger partial charge on any atom is -0.396 e. The normalized spacial score (nSPS) is 14.1. The lowest BCUT2D eigenvalue weighted by atomic mass is 9.87. The Morgan fingerprint density at radius 2 is 1.82 bits per heavy atom. The lowest BCUT2D eigenvalue weighted by Gasteiger charge is -2.26. The van der Waals surface area contributed by atoms with Crippen LogP contribution in [0.3, 0.4) is 0 Å². The molecule has 0 spiro atoms. The number of rotatable bonds is 4. The summed E-state index contributed by atoms with van der Waals surface area (Å²) >= 11 is 3.03. The highest BCUT2D eigenvalue weighted by atomic mass is 79.9. The first-order chi connectivity index (χ1) is 7.90. The van der Waals surface area contributed by atoms with Crippen molar-refractivity contribution in [3.8, 4) is 0 Å². The minimum absolute atomic E-state index is 0.0752. The fourth-order valence-corrected chi connectivity index (χ4v) is 1.80. The second kappa shape index (κ2) is 5.79. The van der Waals surface area contributed by atoms with Crippen molar-refractivity contribution >= 4 is 15.9 Å². The SMILES string of the molecule is OCC(CO)C(c1ccc(Br)nc1)C(F)(F)F. The lowest BCUT2D eigenvalue weighted by molar-refractivity contribution is -0.169. The number of aliphatic hydroxyl groups excluding tert-OH is 2. The molecule has 17 heavy (non-hydrogen) atoms. The molecule has 0 fully saturated rings. The van der Waals surface area contributed by atoms with Gasteiger partial charge in [-0.1, -0.05) is 6.07 Å². The molecule has 1 unspecified atom stereocenters. The summed E-state index contributed by atoms with van der Waals surface area (Å²) in [4.78, 5) is 3.72. The average molecular weight is 314 g/mol. The fourth-order valence-electron chi connectivity index (χ4n) is 1.57. The van der Waals surface area contributed by atoms with Crippen molar-refractivity contribution in [1.29, 1.82) is 0 Å². The number of alkyl halides is 3. The quantitative estimate of drug-likeness (QED) is 0.837. The molecule has 1 atom stereocenters. The van der Waals surface area contributed by atoms with E-state index in [0.717, 1.165) is 6.20 Å². The summed E-state index contributed by atoms with van der Waals surface area (Å²) in [6.07, 6.45) is -3.45. The molecule has 0 amide bonds. The fraction of sp³-hybridized carbons (Fsp3) is 0.500. The first-order valence-electron chi connectivity index (χ1n) is 4.80. The molecule has 0 radical (unpaired) electrons. The summed E-state index contributed by atoms with van der Waals surface area (Å²) in [5.41, 5.74) is -0.0752. The number of pyridine rings is 1. The molecule has 0 saturated heterocycles. The van der Waals surface area contributed by atoms with Gasteiger partial charge in [-0.15, -0.1) is 0 Å².